The maximum Gasteiger partial charge on any atom is 0.261 e. The van der Waals surface area contributed by atoms with Crippen molar-refractivity contribution in [3.8, 4) is 0 Å². The van der Waals surface area contributed by atoms with E-state index in [0.717, 1.165) is 39.4 Å². The van der Waals surface area contributed by atoms with Crippen LogP contribution in [0.15, 0.2) is 32.9 Å². The molecule has 1 aliphatic rings. The molecule has 2 heterocycles. The van der Waals surface area contributed by atoms with Gasteiger partial charge in [0.25, 0.3) is 11.8 Å². The lowest BCUT2D eigenvalue weighted by Gasteiger charge is -2.13. The molecule has 1 aromatic heterocycles. The van der Waals surface area contributed by atoms with Crippen molar-refractivity contribution in [2.24, 2.45) is 0 Å². The molecule has 0 radical (unpaired) electrons. The largest absolute Gasteiger partial charge is 0.274 e. The summed E-state index contributed by atoms with van der Waals surface area (Å²) in [6, 6.07) is 7.02. The van der Waals surface area contributed by atoms with E-state index in [-0.39, 0.29) is 11.8 Å². The number of fused-ring (bicyclic) bond motifs is 1. The van der Waals surface area contributed by atoms with Crippen LogP contribution in [-0.2, 0) is 0 Å². The first kappa shape index (κ1) is 18.4. The molecule has 5 nitrogen and oxygen atoms in total. The minimum atomic E-state index is -0.171. The topological polar surface area (TPSA) is 63.2 Å². The highest BCUT2D eigenvalue weighted by Crippen LogP contribution is 2.29. The van der Waals surface area contributed by atoms with Gasteiger partial charge >= 0.3 is 0 Å². The standard InChI is InChI=1S/C17H19N3O2S3/c1-2-10-23-16-18-19-17(25-16)24-11-6-5-9-20-14(21)12-7-3-4-8-13(12)15(20)22/h3-4,7-8H,2,5-6,9-11H2,1H3. The van der Waals surface area contributed by atoms with Crippen LogP contribution in [0.2, 0.25) is 0 Å². The molecule has 0 aliphatic carbocycles. The third-order valence-corrected chi connectivity index (χ3v) is 7.18. The van der Waals surface area contributed by atoms with Gasteiger partial charge in [-0.15, -0.1) is 10.2 Å². The first-order chi connectivity index (χ1) is 12.2. The fraction of sp³-hybridized carbons (Fsp3) is 0.412. The molecule has 0 atom stereocenters. The van der Waals surface area contributed by atoms with E-state index < -0.39 is 0 Å². The fourth-order valence-electron chi connectivity index (χ4n) is 2.48. The number of carbonyl (C=O) groups is 2. The Morgan fingerprint density at radius 1 is 0.960 bits per heavy atom. The van der Waals surface area contributed by atoms with Crippen molar-refractivity contribution in [1.82, 2.24) is 15.1 Å². The van der Waals surface area contributed by atoms with Crippen molar-refractivity contribution < 1.29 is 9.59 Å². The van der Waals surface area contributed by atoms with Crippen LogP contribution in [0.4, 0.5) is 0 Å². The Labute approximate surface area is 159 Å². The van der Waals surface area contributed by atoms with Gasteiger partial charge in [-0.3, -0.25) is 14.5 Å². The Morgan fingerprint density at radius 2 is 1.56 bits per heavy atom. The van der Waals surface area contributed by atoms with E-state index in [1.54, 1.807) is 59.1 Å². The average molecular weight is 394 g/mol. The zero-order valence-corrected chi connectivity index (χ0v) is 16.4. The molecule has 0 unspecified atom stereocenters. The number of unbranched alkanes of at least 4 members (excludes halogenated alkanes) is 1. The van der Waals surface area contributed by atoms with E-state index in [0.29, 0.717) is 17.7 Å². The summed E-state index contributed by atoms with van der Waals surface area (Å²) in [7, 11) is 0. The second-order valence-corrected chi connectivity index (χ2v) is 9.21. The lowest BCUT2D eigenvalue weighted by Crippen LogP contribution is -2.30. The summed E-state index contributed by atoms with van der Waals surface area (Å²) in [5.41, 5.74) is 1.04. The van der Waals surface area contributed by atoms with E-state index in [1.165, 1.54) is 4.90 Å². The molecule has 0 saturated heterocycles. The van der Waals surface area contributed by atoms with Crippen LogP contribution in [0, 0.1) is 0 Å². The zero-order valence-electron chi connectivity index (χ0n) is 13.9. The number of imide groups is 1. The van der Waals surface area contributed by atoms with Gasteiger partial charge in [0.2, 0.25) is 0 Å². The molecule has 8 heteroatoms. The SMILES string of the molecule is CCCSc1nnc(SCCCCN2C(=O)c3ccccc3C2=O)s1. The van der Waals surface area contributed by atoms with Gasteiger partial charge < -0.3 is 0 Å². The highest BCUT2D eigenvalue weighted by atomic mass is 32.2. The minimum Gasteiger partial charge on any atom is -0.274 e. The number of amides is 2. The molecule has 3 rings (SSSR count). The van der Waals surface area contributed by atoms with Crippen molar-refractivity contribution in [3.63, 3.8) is 0 Å². The monoisotopic (exact) mass is 393 g/mol. The van der Waals surface area contributed by atoms with E-state index in [4.69, 9.17) is 0 Å². The molecule has 1 aromatic carbocycles. The Bertz CT molecular complexity index is 728. The van der Waals surface area contributed by atoms with Gasteiger partial charge in [-0.1, -0.05) is 53.9 Å². The summed E-state index contributed by atoms with van der Waals surface area (Å²) in [5.74, 6) is 1.64. The van der Waals surface area contributed by atoms with Crippen LogP contribution in [-0.4, -0.2) is 45.0 Å². The molecular weight excluding hydrogens is 374 g/mol. The Kier molecular flexibility index (Phi) is 6.50. The molecular formula is C17H19N3O2S3. The van der Waals surface area contributed by atoms with Crippen molar-refractivity contribution in [2.45, 2.75) is 34.9 Å². The van der Waals surface area contributed by atoms with Gasteiger partial charge in [0, 0.05) is 18.1 Å². The Morgan fingerprint density at radius 3 is 2.16 bits per heavy atom. The molecule has 0 spiro atoms. The minimum absolute atomic E-state index is 0.171. The Balaban J connectivity index is 1.40. The first-order valence-corrected chi connectivity index (χ1v) is 11.0. The number of thioether (sulfide) groups is 2. The van der Waals surface area contributed by atoms with Crippen LogP contribution >= 0.6 is 34.9 Å². The van der Waals surface area contributed by atoms with Gasteiger partial charge in [0.15, 0.2) is 8.68 Å². The molecule has 0 fully saturated rings. The number of carbonyl (C=O) groups excluding carboxylic acids is 2. The second kappa shape index (κ2) is 8.82. The van der Waals surface area contributed by atoms with E-state index >= 15 is 0 Å². The van der Waals surface area contributed by atoms with E-state index in [9.17, 15) is 9.59 Å². The number of nitrogens with zero attached hydrogens (tertiary/aromatic N) is 3. The van der Waals surface area contributed by atoms with Gasteiger partial charge in [0.05, 0.1) is 11.1 Å². The average Bonchev–Trinajstić information content (AvgIpc) is 3.18. The maximum atomic E-state index is 12.3. The summed E-state index contributed by atoms with van der Waals surface area (Å²) in [4.78, 5) is 25.9. The number of hydrogen-bond acceptors (Lipinski definition) is 7. The van der Waals surface area contributed by atoms with Crippen LogP contribution < -0.4 is 0 Å². The number of rotatable bonds is 9. The van der Waals surface area contributed by atoms with Gasteiger partial charge in [-0.2, -0.15) is 0 Å². The summed E-state index contributed by atoms with van der Waals surface area (Å²) in [5, 5.41) is 8.36. The van der Waals surface area contributed by atoms with Crippen LogP contribution in [0.25, 0.3) is 0 Å². The molecule has 25 heavy (non-hydrogen) atoms. The summed E-state index contributed by atoms with van der Waals surface area (Å²) >= 11 is 5.07. The van der Waals surface area contributed by atoms with Gasteiger partial charge in [-0.05, 0) is 31.4 Å². The van der Waals surface area contributed by atoms with Crippen LogP contribution in [0.5, 0.6) is 0 Å². The molecule has 1 aliphatic heterocycles. The highest BCUT2D eigenvalue weighted by molar-refractivity contribution is 8.03. The molecule has 2 aromatic rings. The van der Waals surface area contributed by atoms with Gasteiger partial charge in [0.1, 0.15) is 0 Å². The quantitative estimate of drug-likeness (QED) is 0.361. The maximum absolute atomic E-state index is 12.3. The molecule has 0 N–H and O–H groups in total. The number of hydrogen-bond donors (Lipinski definition) is 0. The van der Waals surface area contributed by atoms with Gasteiger partial charge in [-0.25, -0.2) is 0 Å². The predicted molar refractivity (Wildman–Crippen MR) is 103 cm³/mol. The predicted octanol–water partition coefficient (Wildman–Crippen LogP) is 4.21. The van der Waals surface area contributed by atoms with Crippen LogP contribution in [0.3, 0.4) is 0 Å². The normalized spacial score (nSPS) is 13.6. The van der Waals surface area contributed by atoms with Crippen molar-refractivity contribution in [1.29, 1.82) is 0 Å². The summed E-state index contributed by atoms with van der Waals surface area (Å²) < 4.78 is 2.01. The smallest absolute Gasteiger partial charge is 0.261 e. The number of benzene rings is 1. The third-order valence-electron chi connectivity index (χ3n) is 3.70. The lowest BCUT2D eigenvalue weighted by atomic mass is 10.1. The number of aromatic nitrogens is 2. The van der Waals surface area contributed by atoms with E-state index in [1.807, 2.05) is 0 Å². The first-order valence-electron chi connectivity index (χ1n) is 8.25. The molecule has 0 saturated carbocycles. The Hall–Kier alpha value is -1.38. The third kappa shape index (κ3) is 4.43. The molecule has 2 amide bonds. The van der Waals surface area contributed by atoms with Crippen molar-refractivity contribution in [3.05, 3.63) is 35.4 Å². The molecule has 132 valence electrons. The fourth-order valence-corrected chi connectivity index (χ4v) is 5.49. The van der Waals surface area contributed by atoms with Crippen LogP contribution in [0.1, 0.15) is 46.9 Å². The second-order valence-electron chi connectivity index (χ2n) is 5.55. The van der Waals surface area contributed by atoms with E-state index in [2.05, 4.69) is 17.1 Å². The van der Waals surface area contributed by atoms with Crippen molar-refractivity contribution in [2.75, 3.05) is 18.1 Å². The lowest BCUT2D eigenvalue weighted by molar-refractivity contribution is 0.0652. The zero-order chi connectivity index (χ0) is 17.6. The highest BCUT2D eigenvalue weighted by Gasteiger charge is 2.34. The van der Waals surface area contributed by atoms with Crippen molar-refractivity contribution >= 4 is 46.7 Å². The summed E-state index contributed by atoms with van der Waals surface area (Å²) in [6.07, 6.45) is 2.86. The summed E-state index contributed by atoms with van der Waals surface area (Å²) in [6.45, 7) is 2.62. The molecule has 0 bridgehead atoms.